The summed E-state index contributed by atoms with van der Waals surface area (Å²) in [6, 6.07) is 18.7. The molecule has 0 aliphatic carbocycles. The number of carbonyl (C=O) groups is 1. The van der Waals surface area contributed by atoms with Crippen molar-refractivity contribution in [3.63, 3.8) is 0 Å². The molecule has 1 aliphatic heterocycles. The molecule has 0 saturated carbocycles. The van der Waals surface area contributed by atoms with Gasteiger partial charge in [0.05, 0.1) is 17.3 Å². The van der Waals surface area contributed by atoms with E-state index in [1.807, 2.05) is 24.3 Å². The van der Waals surface area contributed by atoms with Crippen molar-refractivity contribution >= 4 is 33.5 Å². The van der Waals surface area contributed by atoms with E-state index in [-0.39, 0.29) is 11.6 Å². The standard InChI is InChI=1S/C27H31BrN4O2/c1-31(20-11-4-2-5-12-20)17-10-15-24-22(26(33)34)19-29-27(30-24)32-18-9-3-6-16-25(32)21-13-7-8-14-23(21)28/h2,4-5,7-8,11-14,19,25H,3,6,9-10,15-18H2,1H3,(H,33,34). The molecule has 2 heterocycles. The molecule has 34 heavy (non-hydrogen) atoms. The number of benzene rings is 2. The fraction of sp³-hybridized carbons (Fsp3) is 0.370. The molecule has 1 atom stereocenters. The van der Waals surface area contributed by atoms with Crippen LogP contribution in [0.5, 0.6) is 0 Å². The predicted molar refractivity (Wildman–Crippen MR) is 140 cm³/mol. The lowest BCUT2D eigenvalue weighted by Crippen LogP contribution is -2.31. The van der Waals surface area contributed by atoms with Crippen molar-refractivity contribution < 1.29 is 9.90 Å². The highest BCUT2D eigenvalue weighted by molar-refractivity contribution is 9.10. The number of rotatable bonds is 8. The van der Waals surface area contributed by atoms with E-state index in [1.165, 1.54) is 18.2 Å². The maximum atomic E-state index is 11.9. The van der Waals surface area contributed by atoms with Gasteiger partial charge in [-0.1, -0.05) is 65.2 Å². The first kappa shape index (κ1) is 24.2. The summed E-state index contributed by atoms with van der Waals surface area (Å²) in [7, 11) is 2.05. The van der Waals surface area contributed by atoms with Crippen LogP contribution in [-0.2, 0) is 6.42 Å². The van der Waals surface area contributed by atoms with Gasteiger partial charge in [0.25, 0.3) is 0 Å². The van der Waals surface area contributed by atoms with Crippen molar-refractivity contribution in [3.05, 3.63) is 82.1 Å². The molecular weight excluding hydrogens is 492 g/mol. The Hall–Kier alpha value is -2.93. The Kier molecular flexibility index (Phi) is 8.16. The van der Waals surface area contributed by atoms with E-state index in [9.17, 15) is 9.90 Å². The Morgan fingerprint density at radius 3 is 2.65 bits per heavy atom. The van der Waals surface area contributed by atoms with Crippen LogP contribution < -0.4 is 9.80 Å². The summed E-state index contributed by atoms with van der Waals surface area (Å²) in [5.74, 6) is -0.352. The molecule has 1 saturated heterocycles. The van der Waals surface area contributed by atoms with Gasteiger partial charge >= 0.3 is 5.97 Å². The van der Waals surface area contributed by atoms with Crippen LogP contribution in [0.25, 0.3) is 0 Å². The number of hydrogen-bond donors (Lipinski definition) is 1. The molecule has 1 aromatic heterocycles. The van der Waals surface area contributed by atoms with Crippen LogP contribution in [0.2, 0.25) is 0 Å². The summed E-state index contributed by atoms with van der Waals surface area (Å²) >= 11 is 3.72. The Balaban J connectivity index is 1.57. The Morgan fingerprint density at radius 1 is 1.12 bits per heavy atom. The van der Waals surface area contributed by atoms with Crippen molar-refractivity contribution in [2.24, 2.45) is 0 Å². The average molecular weight is 523 g/mol. The van der Waals surface area contributed by atoms with Gasteiger partial charge in [-0.2, -0.15) is 0 Å². The number of aromatic carboxylic acids is 1. The van der Waals surface area contributed by atoms with Crippen LogP contribution >= 0.6 is 15.9 Å². The Bertz CT molecular complexity index is 1110. The molecule has 178 valence electrons. The van der Waals surface area contributed by atoms with Crippen LogP contribution in [0.3, 0.4) is 0 Å². The number of carboxylic acids is 1. The van der Waals surface area contributed by atoms with Gasteiger partial charge in [-0.3, -0.25) is 0 Å². The summed E-state index contributed by atoms with van der Waals surface area (Å²) in [5.41, 5.74) is 3.17. The lowest BCUT2D eigenvalue weighted by Gasteiger charge is -2.31. The summed E-state index contributed by atoms with van der Waals surface area (Å²) in [4.78, 5) is 25.7. The molecule has 6 nitrogen and oxygen atoms in total. The first-order valence-corrected chi connectivity index (χ1v) is 12.7. The van der Waals surface area contributed by atoms with Gasteiger partial charge in [0.15, 0.2) is 0 Å². The van der Waals surface area contributed by atoms with Gasteiger partial charge < -0.3 is 14.9 Å². The molecule has 1 N–H and O–H groups in total. The van der Waals surface area contributed by atoms with Crippen LogP contribution in [-0.4, -0.2) is 41.2 Å². The minimum atomic E-state index is -0.976. The van der Waals surface area contributed by atoms with Crippen LogP contribution in [0.1, 0.15) is 59.8 Å². The predicted octanol–water partition coefficient (Wildman–Crippen LogP) is 6.13. The van der Waals surface area contributed by atoms with Crippen LogP contribution in [0.4, 0.5) is 11.6 Å². The molecule has 0 amide bonds. The number of nitrogens with zero attached hydrogens (tertiary/aromatic N) is 4. The molecule has 4 rings (SSSR count). The molecule has 2 aromatic carbocycles. The molecule has 1 fully saturated rings. The van der Waals surface area contributed by atoms with Crippen molar-refractivity contribution in [3.8, 4) is 0 Å². The Morgan fingerprint density at radius 2 is 1.88 bits per heavy atom. The number of para-hydroxylation sites is 1. The first-order chi connectivity index (χ1) is 16.5. The van der Waals surface area contributed by atoms with E-state index in [4.69, 9.17) is 4.98 Å². The first-order valence-electron chi connectivity index (χ1n) is 11.9. The fourth-order valence-electron chi connectivity index (χ4n) is 4.63. The largest absolute Gasteiger partial charge is 0.478 e. The number of carboxylic acid groups (broad SMARTS) is 1. The average Bonchev–Trinajstić information content (AvgIpc) is 3.11. The molecule has 1 aliphatic rings. The molecular formula is C27H31BrN4O2. The van der Waals surface area contributed by atoms with Gasteiger partial charge in [-0.05, 0) is 49.4 Å². The second kappa shape index (κ2) is 11.5. The zero-order valence-corrected chi connectivity index (χ0v) is 21.1. The third kappa shape index (κ3) is 5.76. The quantitative estimate of drug-likeness (QED) is 0.383. The lowest BCUT2D eigenvalue weighted by molar-refractivity contribution is 0.0694. The van der Waals surface area contributed by atoms with E-state index in [2.05, 4.69) is 68.1 Å². The molecule has 0 spiro atoms. The zero-order chi connectivity index (χ0) is 23.9. The maximum Gasteiger partial charge on any atom is 0.339 e. The van der Waals surface area contributed by atoms with E-state index in [1.54, 1.807) is 0 Å². The smallest absolute Gasteiger partial charge is 0.339 e. The van der Waals surface area contributed by atoms with E-state index in [0.29, 0.717) is 18.1 Å². The van der Waals surface area contributed by atoms with Crippen molar-refractivity contribution in [1.29, 1.82) is 0 Å². The molecule has 0 bridgehead atoms. The molecule has 7 heteroatoms. The third-order valence-corrected chi connectivity index (χ3v) is 7.19. The number of aromatic nitrogens is 2. The van der Waals surface area contributed by atoms with Gasteiger partial charge in [0.2, 0.25) is 5.95 Å². The van der Waals surface area contributed by atoms with Gasteiger partial charge in [-0.15, -0.1) is 0 Å². The number of halogens is 1. The van der Waals surface area contributed by atoms with Crippen molar-refractivity contribution in [1.82, 2.24) is 9.97 Å². The highest BCUT2D eigenvalue weighted by Gasteiger charge is 2.27. The highest BCUT2D eigenvalue weighted by atomic mass is 79.9. The van der Waals surface area contributed by atoms with Crippen molar-refractivity contribution in [2.45, 2.75) is 44.6 Å². The second-order valence-electron chi connectivity index (χ2n) is 8.78. The monoisotopic (exact) mass is 522 g/mol. The molecule has 3 aromatic rings. The molecule has 1 unspecified atom stereocenters. The zero-order valence-electron chi connectivity index (χ0n) is 19.5. The number of aryl methyl sites for hydroxylation is 1. The second-order valence-corrected chi connectivity index (χ2v) is 9.63. The van der Waals surface area contributed by atoms with E-state index < -0.39 is 5.97 Å². The Labute approximate surface area is 209 Å². The number of anilines is 2. The molecule has 0 radical (unpaired) electrons. The highest BCUT2D eigenvalue weighted by Crippen LogP contribution is 2.36. The van der Waals surface area contributed by atoms with Gasteiger partial charge in [-0.25, -0.2) is 14.8 Å². The number of hydrogen-bond acceptors (Lipinski definition) is 5. The van der Waals surface area contributed by atoms with Gasteiger partial charge in [0, 0.05) is 36.5 Å². The minimum absolute atomic E-state index is 0.158. The SMILES string of the molecule is CN(CCCc1nc(N2CCCCCC2c2ccccc2Br)ncc1C(=O)O)c1ccccc1. The topological polar surface area (TPSA) is 69.6 Å². The normalized spacial score (nSPS) is 16.2. The van der Waals surface area contributed by atoms with E-state index in [0.717, 1.165) is 48.9 Å². The van der Waals surface area contributed by atoms with E-state index >= 15 is 0 Å². The minimum Gasteiger partial charge on any atom is -0.478 e. The summed E-state index contributed by atoms with van der Waals surface area (Å²) < 4.78 is 1.08. The van der Waals surface area contributed by atoms with Crippen LogP contribution in [0, 0.1) is 0 Å². The lowest BCUT2D eigenvalue weighted by atomic mass is 10.0. The van der Waals surface area contributed by atoms with Gasteiger partial charge in [0.1, 0.15) is 0 Å². The maximum absolute atomic E-state index is 11.9. The third-order valence-electron chi connectivity index (χ3n) is 6.46. The van der Waals surface area contributed by atoms with Crippen molar-refractivity contribution in [2.75, 3.05) is 29.9 Å². The summed E-state index contributed by atoms with van der Waals surface area (Å²) in [6.07, 6.45) is 7.28. The summed E-state index contributed by atoms with van der Waals surface area (Å²) in [5, 5.41) is 9.75. The van der Waals surface area contributed by atoms with Crippen LogP contribution in [0.15, 0.2) is 65.3 Å². The summed E-state index contributed by atoms with van der Waals surface area (Å²) in [6.45, 7) is 1.67. The fourth-order valence-corrected chi connectivity index (χ4v) is 5.17.